The summed E-state index contributed by atoms with van der Waals surface area (Å²) in [6.07, 6.45) is 0. The predicted octanol–water partition coefficient (Wildman–Crippen LogP) is 2.94. The molecule has 0 radical (unpaired) electrons. The number of carbonyl (C=O) groups excluding carboxylic acids is 2. The topological polar surface area (TPSA) is 49.4 Å². The minimum atomic E-state index is -0.101. The number of hydrogen-bond donors (Lipinski definition) is 1. The third-order valence-corrected chi connectivity index (χ3v) is 3.67. The van der Waals surface area contributed by atoms with E-state index in [1.807, 2.05) is 50.2 Å². The van der Waals surface area contributed by atoms with Crippen molar-refractivity contribution < 1.29 is 9.59 Å². The third-order valence-electron chi connectivity index (χ3n) is 3.67. The number of rotatable bonds is 4. The van der Waals surface area contributed by atoms with E-state index in [4.69, 9.17) is 0 Å². The van der Waals surface area contributed by atoms with Crippen LogP contribution in [0.25, 0.3) is 0 Å². The Balaban J connectivity index is 2.09. The van der Waals surface area contributed by atoms with Crippen molar-refractivity contribution in [1.29, 1.82) is 0 Å². The quantitative estimate of drug-likeness (QED) is 0.944. The average Bonchev–Trinajstić information content (AvgIpc) is 2.54. The molecule has 0 aliphatic heterocycles. The second kappa shape index (κ2) is 7.09. The van der Waals surface area contributed by atoms with Crippen LogP contribution in [0, 0.1) is 13.8 Å². The highest BCUT2D eigenvalue weighted by molar-refractivity contribution is 5.96. The molecule has 0 aliphatic rings. The monoisotopic (exact) mass is 310 g/mol. The smallest absolute Gasteiger partial charge is 0.253 e. The van der Waals surface area contributed by atoms with E-state index in [0.29, 0.717) is 17.7 Å². The van der Waals surface area contributed by atoms with E-state index in [1.54, 1.807) is 20.2 Å². The van der Waals surface area contributed by atoms with E-state index in [0.717, 1.165) is 16.7 Å². The fourth-order valence-electron chi connectivity index (χ4n) is 2.33. The standard InChI is InChI=1S/C19H22N2O2/c1-13-8-9-14(2)17(10-13)18(22)20-12-15-6-5-7-16(11-15)19(23)21(3)4/h5-11H,12H2,1-4H3,(H,20,22). The first-order valence-corrected chi connectivity index (χ1v) is 7.54. The van der Waals surface area contributed by atoms with Crippen molar-refractivity contribution in [2.45, 2.75) is 20.4 Å². The number of aryl methyl sites for hydroxylation is 2. The molecule has 0 fully saturated rings. The lowest BCUT2D eigenvalue weighted by molar-refractivity contribution is 0.0827. The minimum Gasteiger partial charge on any atom is -0.348 e. The van der Waals surface area contributed by atoms with Gasteiger partial charge in [-0.3, -0.25) is 9.59 Å². The molecule has 2 aromatic carbocycles. The van der Waals surface area contributed by atoms with Gasteiger partial charge < -0.3 is 10.2 Å². The van der Waals surface area contributed by atoms with Crippen molar-refractivity contribution in [3.05, 3.63) is 70.3 Å². The van der Waals surface area contributed by atoms with Crippen molar-refractivity contribution in [2.75, 3.05) is 14.1 Å². The number of amides is 2. The summed E-state index contributed by atoms with van der Waals surface area (Å²) in [6.45, 7) is 4.28. The molecule has 4 heteroatoms. The van der Waals surface area contributed by atoms with Crippen molar-refractivity contribution in [2.24, 2.45) is 0 Å². The molecule has 0 atom stereocenters. The Morgan fingerprint density at radius 3 is 2.48 bits per heavy atom. The van der Waals surface area contributed by atoms with E-state index in [9.17, 15) is 9.59 Å². The average molecular weight is 310 g/mol. The van der Waals surface area contributed by atoms with Gasteiger partial charge in [-0.2, -0.15) is 0 Å². The van der Waals surface area contributed by atoms with Gasteiger partial charge >= 0.3 is 0 Å². The molecule has 0 bridgehead atoms. The molecule has 1 N–H and O–H groups in total. The molecule has 0 heterocycles. The van der Waals surface area contributed by atoms with Crippen molar-refractivity contribution in [1.82, 2.24) is 10.2 Å². The molecule has 0 aromatic heterocycles. The molecule has 2 aromatic rings. The molecule has 0 unspecified atom stereocenters. The van der Waals surface area contributed by atoms with E-state index < -0.39 is 0 Å². The summed E-state index contributed by atoms with van der Waals surface area (Å²) in [6, 6.07) is 13.1. The Kier molecular flexibility index (Phi) is 5.16. The maximum Gasteiger partial charge on any atom is 0.253 e. The van der Waals surface area contributed by atoms with Gasteiger partial charge in [-0.05, 0) is 43.2 Å². The molecule has 2 rings (SSSR count). The minimum absolute atomic E-state index is 0.0484. The van der Waals surface area contributed by atoms with Gasteiger partial charge in [0, 0.05) is 31.8 Å². The van der Waals surface area contributed by atoms with Gasteiger partial charge in [0.15, 0.2) is 0 Å². The summed E-state index contributed by atoms with van der Waals surface area (Å²) >= 11 is 0. The van der Waals surface area contributed by atoms with E-state index in [-0.39, 0.29) is 11.8 Å². The normalized spacial score (nSPS) is 10.3. The van der Waals surface area contributed by atoms with E-state index >= 15 is 0 Å². The third kappa shape index (κ3) is 4.19. The first-order valence-electron chi connectivity index (χ1n) is 7.54. The van der Waals surface area contributed by atoms with Crippen molar-refractivity contribution in [3.8, 4) is 0 Å². The SMILES string of the molecule is Cc1ccc(C)c(C(=O)NCc2cccc(C(=O)N(C)C)c2)c1. The van der Waals surface area contributed by atoms with Crippen LogP contribution >= 0.6 is 0 Å². The van der Waals surface area contributed by atoms with Gasteiger partial charge in [0.25, 0.3) is 11.8 Å². The molecule has 0 saturated heterocycles. The lowest BCUT2D eigenvalue weighted by atomic mass is 10.0. The van der Waals surface area contributed by atoms with Gasteiger partial charge in [0.05, 0.1) is 0 Å². The largest absolute Gasteiger partial charge is 0.348 e. The van der Waals surface area contributed by atoms with Crippen molar-refractivity contribution >= 4 is 11.8 Å². The molecular formula is C19H22N2O2. The fraction of sp³-hybridized carbons (Fsp3) is 0.263. The molecule has 23 heavy (non-hydrogen) atoms. The van der Waals surface area contributed by atoms with Crippen LogP contribution in [0.5, 0.6) is 0 Å². The Labute approximate surface area is 137 Å². The number of nitrogens with zero attached hydrogens (tertiary/aromatic N) is 1. The number of carbonyl (C=O) groups is 2. The Morgan fingerprint density at radius 1 is 1.04 bits per heavy atom. The van der Waals surface area contributed by atoms with Crippen LogP contribution < -0.4 is 5.32 Å². The summed E-state index contributed by atoms with van der Waals surface area (Å²) in [5.41, 5.74) is 4.21. The van der Waals surface area contributed by atoms with Gasteiger partial charge in [-0.25, -0.2) is 0 Å². The van der Waals surface area contributed by atoms with E-state index in [2.05, 4.69) is 5.32 Å². The van der Waals surface area contributed by atoms with Crippen LogP contribution in [0.4, 0.5) is 0 Å². The highest BCUT2D eigenvalue weighted by Crippen LogP contribution is 2.11. The fourth-order valence-corrected chi connectivity index (χ4v) is 2.33. The lowest BCUT2D eigenvalue weighted by Gasteiger charge is -2.12. The van der Waals surface area contributed by atoms with Gasteiger partial charge in [-0.1, -0.05) is 29.8 Å². The Morgan fingerprint density at radius 2 is 1.78 bits per heavy atom. The summed E-state index contributed by atoms with van der Waals surface area (Å²) in [5.74, 6) is -0.150. The zero-order valence-corrected chi connectivity index (χ0v) is 14.0. The summed E-state index contributed by atoms with van der Waals surface area (Å²) in [5, 5.41) is 2.91. The molecule has 4 nitrogen and oxygen atoms in total. The number of benzene rings is 2. The number of nitrogens with one attached hydrogen (secondary N) is 1. The zero-order valence-electron chi connectivity index (χ0n) is 14.0. The molecule has 0 aliphatic carbocycles. The Hall–Kier alpha value is -2.62. The van der Waals surface area contributed by atoms with Crippen molar-refractivity contribution in [3.63, 3.8) is 0 Å². The molecular weight excluding hydrogens is 288 g/mol. The summed E-state index contributed by atoms with van der Waals surface area (Å²) in [7, 11) is 3.44. The lowest BCUT2D eigenvalue weighted by Crippen LogP contribution is -2.24. The van der Waals surface area contributed by atoms with Crippen LogP contribution in [0.3, 0.4) is 0 Å². The maximum atomic E-state index is 12.3. The molecule has 0 spiro atoms. The van der Waals surface area contributed by atoms with Crippen LogP contribution in [0.1, 0.15) is 37.4 Å². The predicted molar refractivity (Wildman–Crippen MR) is 91.5 cm³/mol. The summed E-state index contributed by atoms with van der Waals surface area (Å²) < 4.78 is 0. The van der Waals surface area contributed by atoms with Crippen LogP contribution in [0.15, 0.2) is 42.5 Å². The second-order valence-electron chi connectivity index (χ2n) is 5.90. The van der Waals surface area contributed by atoms with Gasteiger partial charge in [0.2, 0.25) is 0 Å². The second-order valence-corrected chi connectivity index (χ2v) is 5.90. The van der Waals surface area contributed by atoms with E-state index in [1.165, 1.54) is 4.90 Å². The van der Waals surface area contributed by atoms with Crippen LogP contribution in [-0.4, -0.2) is 30.8 Å². The first kappa shape index (κ1) is 16.7. The Bertz CT molecular complexity index is 736. The zero-order chi connectivity index (χ0) is 17.0. The summed E-state index contributed by atoms with van der Waals surface area (Å²) in [4.78, 5) is 25.8. The number of hydrogen-bond acceptors (Lipinski definition) is 2. The molecule has 120 valence electrons. The highest BCUT2D eigenvalue weighted by Gasteiger charge is 2.11. The molecule has 2 amide bonds. The van der Waals surface area contributed by atoms with Crippen LogP contribution in [0.2, 0.25) is 0 Å². The molecule has 0 saturated carbocycles. The maximum absolute atomic E-state index is 12.3. The first-order chi connectivity index (χ1) is 10.9. The van der Waals surface area contributed by atoms with Crippen LogP contribution in [-0.2, 0) is 6.54 Å². The van der Waals surface area contributed by atoms with Gasteiger partial charge in [-0.15, -0.1) is 0 Å². The van der Waals surface area contributed by atoms with Gasteiger partial charge in [0.1, 0.15) is 0 Å². The highest BCUT2D eigenvalue weighted by atomic mass is 16.2.